The van der Waals surface area contributed by atoms with Gasteiger partial charge in [-0.25, -0.2) is 0 Å². The van der Waals surface area contributed by atoms with Crippen LogP contribution in [-0.4, -0.2) is 67.6 Å². The SMILES string of the molecule is CCNC(C)(CCCN1CCC(N(C)C)CC1)C(N)=O. The second-order valence-corrected chi connectivity index (χ2v) is 6.37. The summed E-state index contributed by atoms with van der Waals surface area (Å²) in [6.07, 6.45) is 4.31. The predicted octanol–water partition coefficient (Wildman–Crippen LogP) is 0.646. The molecule has 0 aliphatic carbocycles. The Kier molecular flexibility index (Phi) is 6.92. The van der Waals surface area contributed by atoms with Crippen molar-refractivity contribution in [1.82, 2.24) is 15.1 Å². The third-order valence-corrected chi connectivity index (χ3v) is 4.55. The Balaban J connectivity index is 2.29. The van der Waals surface area contributed by atoms with Gasteiger partial charge < -0.3 is 20.9 Å². The number of likely N-dealkylation sites (tertiary alicyclic amines) is 1. The van der Waals surface area contributed by atoms with Crippen LogP contribution in [0.4, 0.5) is 0 Å². The number of hydrogen-bond donors (Lipinski definition) is 2. The highest BCUT2D eigenvalue weighted by Gasteiger charge is 2.29. The first-order valence-electron chi connectivity index (χ1n) is 7.82. The van der Waals surface area contributed by atoms with E-state index in [1.165, 1.54) is 12.8 Å². The predicted molar refractivity (Wildman–Crippen MR) is 83.7 cm³/mol. The molecule has 1 unspecified atom stereocenters. The summed E-state index contributed by atoms with van der Waals surface area (Å²) in [5.74, 6) is -0.245. The van der Waals surface area contributed by atoms with E-state index in [9.17, 15) is 4.79 Å². The molecule has 1 fully saturated rings. The van der Waals surface area contributed by atoms with Gasteiger partial charge in [-0.2, -0.15) is 0 Å². The van der Waals surface area contributed by atoms with Crippen LogP contribution in [0.1, 0.15) is 39.5 Å². The molecular formula is C15H32N4O. The van der Waals surface area contributed by atoms with E-state index in [0.29, 0.717) is 0 Å². The lowest BCUT2D eigenvalue weighted by Crippen LogP contribution is -2.53. The van der Waals surface area contributed by atoms with Gasteiger partial charge in [0.1, 0.15) is 0 Å². The number of rotatable bonds is 8. The second kappa shape index (κ2) is 7.96. The van der Waals surface area contributed by atoms with Gasteiger partial charge in [-0.1, -0.05) is 6.92 Å². The van der Waals surface area contributed by atoms with E-state index in [4.69, 9.17) is 5.73 Å². The molecule has 0 aromatic carbocycles. The van der Waals surface area contributed by atoms with Crippen molar-refractivity contribution in [2.45, 2.75) is 51.1 Å². The van der Waals surface area contributed by atoms with Crippen molar-refractivity contribution in [2.75, 3.05) is 40.3 Å². The largest absolute Gasteiger partial charge is 0.368 e. The minimum absolute atomic E-state index is 0.245. The molecule has 1 aliphatic heterocycles. The van der Waals surface area contributed by atoms with Gasteiger partial charge in [0, 0.05) is 6.04 Å². The molecule has 118 valence electrons. The third-order valence-electron chi connectivity index (χ3n) is 4.55. The maximum absolute atomic E-state index is 11.6. The number of carbonyl (C=O) groups is 1. The minimum Gasteiger partial charge on any atom is -0.368 e. The van der Waals surface area contributed by atoms with Crippen LogP contribution >= 0.6 is 0 Å². The Morgan fingerprint density at radius 1 is 1.40 bits per heavy atom. The zero-order valence-electron chi connectivity index (χ0n) is 13.6. The van der Waals surface area contributed by atoms with Crippen LogP contribution in [0.2, 0.25) is 0 Å². The summed E-state index contributed by atoms with van der Waals surface area (Å²) in [6, 6.07) is 0.726. The van der Waals surface area contributed by atoms with Crippen LogP contribution in [0.5, 0.6) is 0 Å². The van der Waals surface area contributed by atoms with Crippen LogP contribution in [0.25, 0.3) is 0 Å². The van der Waals surface area contributed by atoms with Crippen molar-refractivity contribution in [3.05, 3.63) is 0 Å². The first kappa shape index (κ1) is 17.4. The van der Waals surface area contributed by atoms with E-state index in [1.54, 1.807) is 0 Å². The highest BCUT2D eigenvalue weighted by molar-refractivity contribution is 5.84. The van der Waals surface area contributed by atoms with Gasteiger partial charge in [0.05, 0.1) is 5.54 Å². The average molecular weight is 284 g/mol. The number of nitrogens with one attached hydrogen (secondary N) is 1. The Bertz CT molecular complexity index is 300. The molecule has 5 heteroatoms. The van der Waals surface area contributed by atoms with E-state index >= 15 is 0 Å². The smallest absolute Gasteiger partial charge is 0.237 e. The zero-order valence-corrected chi connectivity index (χ0v) is 13.6. The molecule has 0 radical (unpaired) electrons. The average Bonchev–Trinajstić information content (AvgIpc) is 2.39. The van der Waals surface area contributed by atoms with E-state index in [2.05, 4.69) is 29.2 Å². The lowest BCUT2D eigenvalue weighted by Gasteiger charge is -2.35. The molecule has 3 N–H and O–H groups in total. The summed E-state index contributed by atoms with van der Waals surface area (Å²) >= 11 is 0. The van der Waals surface area contributed by atoms with E-state index < -0.39 is 5.54 Å². The number of nitrogens with two attached hydrogens (primary N) is 1. The van der Waals surface area contributed by atoms with E-state index in [-0.39, 0.29) is 5.91 Å². The second-order valence-electron chi connectivity index (χ2n) is 6.37. The highest BCUT2D eigenvalue weighted by Crippen LogP contribution is 2.17. The topological polar surface area (TPSA) is 61.6 Å². The Morgan fingerprint density at radius 3 is 2.45 bits per heavy atom. The number of piperidine rings is 1. The van der Waals surface area contributed by atoms with E-state index in [0.717, 1.165) is 45.1 Å². The summed E-state index contributed by atoms with van der Waals surface area (Å²) in [7, 11) is 4.32. The van der Waals surface area contributed by atoms with Crippen molar-refractivity contribution in [3.8, 4) is 0 Å². The first-order valence-corrected chi connectivity index (χ1v) is 7.82. The molecule has 1 saturated heterocycles. The molecule has 0 aromatic heterocycles. The normalized spacial score (nSPS) is 21.1. The molecule has 0 bridgehead atoms. The van der Waals surface area contributed by atoms with Gasteiger partial charge in [0.15, 0.2) is 0 Å². The number of amides is 1. The molecule has 1 heterocycles. The molecule has 0 spiro atoms. The molecular weight excluding hydrogens is 252 g/mol. The molecule has 1 rings (SSSR count). The summed E-state index contributed by atoms with van der Waals surface area (Å²) in [4.78, 5) is 16.4. The molecule has 1 aliphatic rings. The standard InChI is InChI=1S/C15H32N4O/c1-5-17-15(2,14(16)20)9-6-10-19-11-7-13(8-12-19)18(3)4/h13,17H,5-12H2,1-4H3,(H2,16,20). The van der Waals surface area contributed by atoms with Crippen LogP contribution in [0.15, 0.2) is 0 Å². The maximum Gasteiger partial charge on any atom is 0.237 e. The number of primary amides is 1. The Morgan fingerprint density at radius 2 is 2.00 bits per heavy atom. The highest BCUT2D eigenvalue weighted by atomic mass is 16.1. The fourth-order valence-electron chi connectivity index (χ4n) is 3.00. The third kappa shape index (κ3) is 5.04. The summed E-state index contributed by atoms with van der Waals surface area (Å²) in [6.45, 7) is 8.08. The lowest BCUT2D eigenvalue weighted by molar-refractivity contribution is -0.124. The van der Waals surface area contributed by atoms with Crippen LogP contribution in [-0.2, 0) is 4.79 Å². The fraction of sp³-hybridized carbons (Fsp3) is 0.933. The fourth-order valence-corrected chi connectivity index (χ4v) is 3.00. The summed E-state index contributed by atoms with van der Waals surface area (Å²) in [5, 5.41) is 3.22. The molecule has 1 atom stereocenters. The molecule has 0 aromatic rings. The summed E-state index contributed by atoms with van der Waals surface area (Å²) in [5.41, 5.74) is 4.95. The van der Waals surface area contributed by atoms with Crippen molar-refractivity contribution in [2.24, 2.45) is 5.73 Å². The van der Waals surface area contributed by atoms with Crippen molar-refractivity contribution in [1.29, 1.82) is 0 Å². The molecule has 20 heavy (non-hydrogen) atoms. The number of carbonyl (C=O) groups excluding carboxylic acids is 1. The molecule has 5 nitrogen and oxygen atoms in total. The van der Waals surface area contributed by atoms with Gasteiger partial charge in [-0.15, -0.1) is 0 Å². The quantitative estimate of drug-likeness (QED) is 0.687. The number of likely N-dealkylation sites (N-methyl/N-ethyl adjacent to an activating group) is 1. The number of nitrogens with zero attached hydrogens (tertiary/aromatic N) is 2. The Hall–Kier alpha value is -0.650. The monoisotopic (exact) mass is 284 g/mol. The summed E-state index contributed by atoms with van der Waals surface area (Å²) < 4.78 is 0. The minimum atomic E-state index is -0.559. The lowest BCUT2D eigenvalue weighted by atomic mass is 9.94. The van der Waals surface area contributed by atoms with E-state index in [1.807, 2.05) is 13.8 Å². The van der Waals surface area contributed by atoms with Crippen LogP contribution < -0.4 is 11.1 Å². The van der Waals surface area contributed by atoms with Gasteiger partial charge in [-0.3, -0.25) is 4.79 Å². The zero-order chi connectivity index (χ0) is 15.2. The van der Waals surface area contributed by atoms with Crippen molar-refractivity contribution < 1.29 is 4.79 Å². The van der Waals surface area contributed by atoms with Gasteiger partial charge in [0.2, 0.25) is 5.91 Å². The van der Waals surface area contributed by atoms with Crippen molar-refractivity contribution >= 4 is 5.91 Å². The molecule has 0 saturated carbocycles. The van der Waals surface area contributed by atoms with Gasteiger partial charge in [-0.05, 0) is 72.9 Å². The maximum atomic E-state index is 11.6. The Labute approximate surface area is 123 Å². The first-order chi connectivity index (χ1) is 9.39. The number of hydrogen-bond acceptors (Lipinski definition) is 4. The van der Waals surface area contributed by atoms with Gasteiger partial charge >= 0.3 is 0 Å². The van der Waals surface area contributed by atoms with Crippen LogP contribution in [0.3, 0.4) is 0 Å². The van der Waals surface area contributed by atoms with Gasteiger partial charge in [0.25, 0.3) is 0 Å². The van der Waals surface area contributed by atoms with Crippen LogP contribution in [0, 0.1) is 0 Å². The van der Waals surface area contributed by atoms with Crippen molar-refractivity contribution in [3.63, 3.8) is 0 Å². The molecule has 1 amide bonds.